The highest BCUT2D eigenvalue weighted by molar-refractivity contribution is 5.98. The Hall–Kier alpha value is -3.16. The Bertz CT molecular complexity index is 793. The number of furan rings is 1. The summed E-state index contributed by atoms with van der Waals surface area (Å²) in [5.41, 5.74) is 0.0883. The van der Waals surface area contributed by atoms with E-state index in [-0.39, 0.29) is 17.2 Å². The lowest BCUT2D eigenvalue weighted by atomic mass is 9.93. The normalized spacial score (nSPS) is 16.2. The summed E-state index contributed by atoms with van der Waals surface area (Å²) in [6.07, 6.45) is 3.93. The van der Waals surface area contributed by atoms with E-state index in [1.807, 2.05) is 0 Å². The van der Waals surface area contributed by atoms with Crippen molar-refractivity contribution in [3.63, 3.8) is 0 Å². The third-order valence-electron chi connectivity index (χ3n) is 3.99. The van der Waals surface area contributed by atoms with Gasteiger partial charge in [0.05, 0.1) is 22.8 Å². The van der Waals surface area contributed by atoms with Crippen molar-refractivity contribution in [2.75, 3.05) is 0 Å². The predicted molar refractivity (Wildman–Crippen MR) is 81.9 cm³/mol. The number of nitrogens with one attached hydrogen (secondary N) is 1. The fraction of sp³-hybridized carbons (Fsp3) is 0.250. The van der Waals surface area contributed by atoms with E-state index in [1.54, 1.807) is 12.3 Å². The number of hydrogen-bond acceptors (Lipinski definition) is 5. The lowest BCUT2D eigenvalue weighted by Gasteiger charge is -2.22. The fourth-order valence-electron chi connectivity index (χ4n) is 2.85. The molecule has 24 heavy (non-hydrogen) atoms. The molecule has 2 aromatic rings. The molecular weight excluding hydrogens is 316 g/mol. The Labute approximate surface area is 136 Å². The molecule has 0 aliphatic heterocycles. The second-order valence-corrected chi connectivity index (χ2v) is 5.55. The van der Waals surface area contributed by atoms with Crippen LogP contribution in [0.4, 0.5) is 5.69 Å². The lowest BCUT2D eigenvalue weighted by molar-refractivity contribution is -0.384. The summed E-state index contributed by atoms with van der Waals surface area (Å²) in [4.78, 5) is 33.8. The van der Waals surface area contributed by atoms with Crippen molar-refractivity contribution < 1.29 is 24.0 Å². The number of carboxylic acid groups (broad SMARTS) is 1. The Morgan fingerprint density at radius 3 is 2.75 bits per heavy atom. The minimum absolute atomic E-state index is 0.0581. The summed E-state index contributed by atoms with van der Waals surface area (Å²) in [7, 11) is 0. The van der Waals surface area contributed by atoms with Crippen LogP contribution in [0.25, 0.3) is 0 Å². The van der Waals surface area contributed by atoms with Crippen molar-refractivity contribution in [2.24, 2.45) is 0 Å². The number of hydrogen-bond donors (Lipinski definition) is 2. The van der Waals surface area contributed by atoms with Crippen LogP contribution in [0, 0.1) is 10.1 Å². The Morgan fingerprint density at radius 1 is 1.29 bits per heavy atom. The summed E-state index contributed by atoms with van der Waals surface area (Å²) < 4.78 is 5.36. The second-order valence-electron chi connectivity index (χ2n) is 5.55. The van der Waals surface area contributed by atoms with Crippen LogP contribution in [-0.4, -0.2) is 21.9 Å². The van der Waals surface area contributed by atoms with E-state index in [0.717, 1.165) is 48.8 Å². The number of nitro benzene ring substituents is 1. The van der Waals surface area contributed by atoms with Gasteiger partial charge >= 0.3 is 5.97 Å². The number of non-ortho nitro benzene ring substituents is 1. The van der Waals surface area contributed by atoms with Crippen LogP contribution < -0.4 is 5.32 Å². The van der Waals surface area contributed by atoms with Gasteiger partial charge in [0.1, 0.15) is 5.76 Å². The molecule has 0 spiro atoms. The molecule has 0 fully saturated rings. The minimum atomic E-state index is -1.33. The van der Waals surface area contributed by atoms with Crippen molar-refractivity contribution >= 4 is 17.6 Å². The summed E-state index contributed by atoms with van der Waals surface area (Å²) >= 11 is 0. The number of fused-ring (bicyclic) bond motifs is 1. The SMILES string of the molecule is O=C(O)c1cc(C(=O)NC2CCCc3occc32)cc([N+](=O)[O-])c1. The van der Waals surface area contributed by atoms with Crippen molar-refractivity contribution in [3.05, 3.63) is 63.1 Å². The molecular formula is C16H14N2O6. The first kappa shape index (κ1) is 15.7. The van der Waals surface area contributed by atoms with Crippen molar-refractivity contribution in [2.45, 2.75) is 25.3 Å². The van der Waals surface area contributed by atoms with Crippen LogP contribution in [0.15, 0.2) is 34.9 Å². The zero-order chi connectivity index (χ0) is 17.3. The van der Waals surface area contributed by atoms with Gasteiger partial charge < -0.3 is 14.8 Å². The number of rotatable bonds is 4. The summed E-state index contributed by atoms with van der Waals surface area (Å²) in [5.74, 6) is -1.07. The molecule has 1 aromatic carbocycles. The van der Waals surface area contributed by atoms with Gasteiger partial charge in [-0.05, 0) is 25.0 Å². The van der Waals surface area contributed by atoms with Gasteiger partial charge in [0, 0.05) is 29.7 Å². The maximum atomic E-state index is 12.4. The summed E-state index contributed by atoms with van der Waals surface area (Å²) in [6, 6.07) is 4.65. The van der Waals surface area contributed by atoms with Gasteiger partial charge in [0.2, 0.25) is 0 Å². The van der Waals surface area contributed by atoms with E-state index in [4.69, 9.17) is 9.52 Å². The highest BCUT2D eigenvalue weighted by Crippen LogP contribution is 2.30. The first-order valence-corrected chi connectivity index (χ1v) is 7.35. The molecule has 0 saturated heterocycles. The van der Waals surface area contributed by atoms with Gasteiger partial charge in [-0.15, -0.1) is 0 Å². The number of aromatic carboxylic acids is 1. The molecule has 1 unspecified atom stereocenters. The van der Waals surface area contributed by atoms with Gasteiger partial charge in [0.25, 0.3) is 11.6 Å². The van der Waals surface area contributed by atoms with Crippen molar-refractivity contribution in [3.8, 4) is 0 Å². The number of amides is 1. The van der Waals surface area contributed by atoms with Crippen LogP contribution in [0.1, 0.15) is 50.9 Å². The molecule has 1 heterocycles. The number of nitro groups is 1. The third-order valence-corrected chi connectivity index (χ3v) is 3.99. The van der Waals surface area contributed by atoms with E-state index in [2.05, 4.69) is 5.32 Å². The smallest absolute Gasteiger partial charge is 0.335 e. The molecule has 3 rings (SSSR count). The predicted octanol–water partition coefficient (Wildman–Crippen LogP) is 2.69. The first-order chi connectivity index (χ1) is 11.5. The van der Waals surface area contributed by atoms with Crippen LogP contribution in [-0.2, 0) is 6.42 Å². The Balaban J connectivity index is 1.88. The fourth-order valence-corrected chi connectivity index (χ4v) is 2.85. The molecule has 1 atom stereocenters. The largest absolute Gasteiger partial charge is 0.478 e. The van der Waals surface area contributed by atoms with Gasteiger partial charge in [-0.2, -0.15) is 0 Å². The van der Waals surface area contributed by atoms with E-state index in [0.29, 0.717) is 0 Å². The number of carboxylic acids is 1. The quantitative estimate of drug-likeness (QED) is 0.656. The van der Waals surface area contributed by atoms with Gasteiger partial charge in [0.15, 0.2) is 0 Å². The molecule has 124 valence electrons. The molecule has 1 aromatic heterocycles. The molecule has 2 N–H and O–H groups in total. The maximum absolute atomic E-state index is 12.4. The lowest BCUT2D eigenvalue weighted by Crippen LogP contribution is -2.30. The molecule has 1 aliphatic carbocycles. The average molecular weight is 330 g/mol. The topological polar surface area (TPSA) is 123 Å². The number of carbonyl (C=O) groups is 2. The van der Waals surface area contributed by atoms with E-state index >= 15 is 0 Å². The van der Waals surface area contributed by atoms with Gasteiger partial charge in [-0.25, -0.2) is 4.79 Å². The highest BCUT2D eigenvalue weighted by atomic mass is 16.6. The van der Waals surface area contributed by atoms with Gasteiger partial charge in [-0.1, -0.05) is 0 Å². The van der Waals surface area contributed by atoms with Crippen LogP contribution in [0.2, 0.25) is 0 Å². The number of aryl methyl sites for hydroxylation is 1. The molecule has 1 aliphatic rings. The summed E-state index contributed by atoms with van der Waals surface area (Å²) in [5, 5.41) is 22.8. The number of nitrogens with zero attached hydrogens (tertiary/aromatic N) is 1. The minimum Gasteiger partial charge on any atom is -0.478 e. The molecule has 0 bridgehead atoms. The number of carbonyl (C=O) groups excluding carboxylic acids is 1. The van der Waals surface area contributed by atoms with Crippen LogP contribution in [0.5, 0.6) is 0 Å². The van der Waals surface area contributed by atoms with E-state index < -0.39 is 22.5 Å². The highest BCUT2D eigenvalue weighted by Gasteiger charge is 2.25. The Morgan fingerprint density at radius 2 is 2.04 bits per heavy atom. The zero-order valence-corrected chi connectivity index (χ0v) is 12.5. The second kappa shape index (κ2) is 6.15. The molecule has 0 saturated carbocycles. The molecule has 0 radical (unpaired) electrons. The Kier molecular flexibility index (Phi) is 4.03. The van der Waals surface area contributed by atoms with Crippen molar-refractivity contribution in [1.82, 2.24) is 5.32 Å². The van der Waals surface area contributed by atoms with Crippen molar-refractivity contribution in [1.29, 1.82) is 0 Å². The average Bonchev–Trinajstić information content (AvgIpc) is 3.04. The molecule has 8 heteroatoms. The van der Waals surface area contributed by atoms with E-state index in [1.165, 1.54) is 0 Å². The molecule has 1 amide bonds. The van der Waals surface area contributed by atoms with Gasteiger partial charge in [-0.3, -0.25) is 14.9 Å². The standard InChI is InChI=1S/C16H14N2O6/c19-15(17-13-2-1-3-14-12(13)4-5-24-14)9-6-10(16(20)21)8-11(7-9)18(22)23/h4-8,13H,1-3H2,(H,17,19)(H,20,21). The zero-order valence-electron chi connectivity index (χ0n) is 12.5. The van der Waals surface area contributed by atoms with E-state index in [9.17, 15) is 19.7 Å². The number of benzene rings is 1. The van der Waals surface area contributed by atoms with Crippen LogP contribution >= 0.6 is 0 Å². The monoisotopic (exact) mass is 330 g/mol. The molecule has 8 nitrogen and oxygen atoms in total. The van der Waals surface area contributed by atoms with Crippen LogP contribution in [0.3, 0.4) is 0 Å². The first-order valence-electron chi connectivity index (χ1n) is 7.35. The third kappa shape index (κ3) is 2.98. The summed E-state index contributed by atoms with van der Waals surface area (Å²) in [6.45, 7) is 0. The maximum Gasteiger partial charge on any atom is 0.335 e.